The number of rotatable bonds is 3. The summed E-state index contributed by atoms with van der Waals surface area (Å²) in [6, 6.07) is 15.2. The number of nitrogens with two attached hydrogens (primary N) is 1. The van der Waals surface area contributed by atoms with Crippen LogP contribution in [0.25, 0.3) is 0 Å². The molecule has 2 aromatic rings. The normalized spacial score (nSPS) is 12.1. The summed E-state index contributed by atoms with van der Waals surface area (Å²) in [7, 11) is 0. The van der Waals surface area contributed by atoms with Crippen molar-refractivity contribution >= 4 is 11.5 Å². The quantitative estimate of drug-likeness (QED) is 0.657. The van der Waals surface area contributed by atoms with E-state index in [4.69, 9.17) is 5.73 Å². The van der Waals surface area contributed by atoms with Crippen molar-refractivity contribution in [3.8, 4) is 0 Å². The van der Waals surface area contributed by atoms with Gasteiger partial charge in [0.1, 0.15) is 0 Å². The predicted molar refractivity (Wildman–Crippen MR) is 74.8 cm³/mol. The molecule has 0 saturated carbocycles. The number of benzene rings is 2. The van der Waals surface area contributed by atoms with Gasteiger partial charge in [0.25, 0.3) is 0 Å². The molecule has 2 N–H and O–H groups in total. The monoisotopic (exact) mass is 239 g/mol. The second-order valence-corrected chi connectivity index (χ2v) is 4.57. The number of nitrogen functional groups attached to an aromatic ring is 1. The van der Waals surface area contributed by atoms with Crippen LogP contribution in [0.5, 0.6) is 0 Å². The summed E-state index contributed by atoms with van der Waals surface area (Å²) in [6.07, 6.45) is 0. The number of carbonyl (C=O) groups excluding carboxylic acids is 1. The molecule has 2 rings (SSSR count). The van der Waals surface area contributed by atoms with Gasteiger partial charge in [-0.05, 0) is 36.2 Å². The summed E-state index contributed by atoms with van der Waals surface area (Å²) in [5.74, 6) is 0.00669. The molecule has 2 heteroatoms. The molecular weight excluding hydrogens is 222 g/mol. The number of anilines is 1. The summed E-state index contributed by atoms with van der Waals surface area (Å²) < 4.78 is 0. The molecule has 0 spiro atoms. The Hall–Kier alpha value is -2.09. The highest BCUT2D eigenvalue weighted by Crippen LogP contribution is 2.23. The third-order valence-electron chi connectivity index (χ3n) is 3.21. The molecule has 0 aliphatic heterocycles. The summed E-state index contributed by atoms with van der Waals surface area (Å²) in [6.45, 7) is 3.86. The number of hydrogen-bond acceptors (Lipinski definition) is 2. The van der Waals surface area contributed by atoms with Crippen molar-refractivity contribution in [1.82, 2.24) is 0 Å². The largest absolute Gasteiger partial charge is 0.399 e. The average Bonchev–Trinajstić information content (AvgIpc) is 2.38. The van der Waals surface area contributed by atoms with Gasteiger partial charge in [0.15, 0.2) is 5.78 Å². The molecule has 92 valence electrons. The van der Waals surface area contributed by atoms with Crippen LogP contribution in [0.3, 0.4) is 0 Å². The van der Waals surface area contributed by atoms with E-state index < -0.39 is 0 Å². The van der Waals surface area contributed by atoms with Crippen molar-refractivity contribution in [2.75, 3.05) is 5.73 Å². The van der Waals surface area contributed by atoms with E-state index in [9.17, 15) is 4.79 Å². The number of carbonyl (C=O) groups is 1. The Bertz CT molecular complexity index is 561. The lowest BCUT2D eigenvalue weighted by molar-refractivity contribution is 0.0965. The number of hydrogen-bond donors (Lipinski definition) is 1. The van der Waals surface area contributed by atoms with Gasteiger partial charge in [-0.15, -0.1) is 0 Å². The average molecular weight is 239 g/mol. The molecule has 0 aliphatic rings. The second-order valence-electron chi connectivity index (χ2n) is 4.57. The van der Waals surface area contributed by atoms with E-state index in [1.165, 1.54) is 0 Å². The summed E-state index contributed by atoms with van der Waals surface area (Å²) >= 11 is 0. The van der Waals surface area contributed by atoms with E-state index in [0.29, 0.717) is 5.69 Å². The first-order valence-electron chi connectivity index (χ1n) is 6.05. The van der Waals surface area contributed by atoms with Gasteiger partial charge in [-0.2, -0.15) is 0 Å². The zero-order valence-corrected chi connectivity index (χ0v) is 10.7. The lowest BCUT2D eigenvalue weighted by atomic mass is 9.90. The lowest BCUT2D eigenvalue weighted by Crippen LogP contribution is -2.11. The standard InChI is InChI=1S/C16H17NO/c1-11-10-14(17)8-9-15(11)16(18)12(2)13-6-4-3-5-7-13/h3-10,12H,17H2,1-2H3. The van der Waals surface area contributed by atoms with Crippen molar-refractivity contribution in [2.45, 2.75) is 19.8 Å². The fraction of sp³-hybridized carbons (Fsp3) is 0.188. The smallest absolute Gasteiger partial charge is 0.170 e. The predicted octanol–water partition coefficient (Wildman–Crippen LogP) is 3.56. The molecule has 2 nitrogen and oxygen atoms in total. The van der Waals surface area contributed by atoms with Gasteiger partial charge in [0.05, 0.1) is 0 Å². The van der Waals surface area contributed by atoms with Crippen LogP contribution in [0.15, 0.2) is 48.5 Å². The van der Waals surface area contributed by atoms with E-state index in [1.54, 1.807) is 6.07 Å². The molecule has 1 unspecified atom stereocenters. The van der Waals surface area contributed by atoms with Gasteiger partial charge in [-0.25, -0.2) is 0 Å². The zero-order valence-electron chi connectivity index (χ0n) is 10.7. The minimum Gasteiger partial charge on any atom is -0.399 e. The van der Waals surface area contributed by atoms with Crippen LogP contribution in [-0.4, -0.2) is 5.78 Å². The molecule has 0 amide bonds. The highest BCUT2D eigenvalue weighted by Gasteiger charge is 2.18. The van der Waals surface area contributed by atoms with Crippen LogP contribution < -0.4 is 5.73 Å². The molecule has 2 aromatic carbocycles. The molecule has 0 aliphatic carbocycles. The van der Waals surface area contributed by atoms with Crippen LogP contribution in [0.2, 0.25) is 0 Å². The first-order valence-corrected chi connectivity index (χ1v) is 6.05. The fourth-order valence-electron chi connectivity index (χ4n) is 2.09. The van der Waals surface area contributed by atoms with Gasteiger partial charge in [-0.1, -0.05) is 37.3 Å². The Morgan fingerprint density at radius 3 is 2.39 bits per heavy atom. The first-order chi connectivity index (χ1) is 8.59. The van der Waals surface area contributed by atoms with E-state index in [1.807, 2.05) is 56.3 Å². The van der Waals surface area contributed by atoms with E-state index in [2.05, 4.69) is 0 Å². The topological polar surface area (TPSA) is 43.1 Å². The van der Waals surface area contributed by atoms with Gasteiger partial charge in [0, 0.05) is 17.2 Å². The van der Waals surface area contributed by atoms with E-state index >= 15 is 0 Å². The first kappa shape index (κ1) is 12.4. The van der Waals surface area contributed by atoms with Crippen LogP contribution in [0.1, 0.15) is 34.3 Å². The molecule has 0 heterocycles. The molecule has 0 radical (unpaired) electrons. The zero-order chi connectivity index (χ0) is 13.1. The van der Waals surface area contributed by atoms with Crippen molar-refractivity contribution in [3.05, 3.63) is 65.2 Å². The Morgan fingerprint density at radius 2 is 1.78 bits per heavy atom. The molecule has 0 bridgehead atoms. The third-order valence-corrected chi connectivity index (χ3v) is 3.21. The van der Waals surface area contributed by atoms with E-state index in [-0.39, 0.29) is 11.7 Å². The summed E-state index contributed by atoms with van der Waals surface area (Å²) in [4.78, 5) is 12.4. The SMILES string of the molecule is Cc1cc(N)ccc1C(=O)C(C)c1ccccc1. The molecule has 0 fully saturated rings. The van der Waals surface area contributed by atoms with Crippen molar-refractivity contribution in [3.63, 3.8) is 0 Å². The molecular formula is C16H17NO. The van der Waals surface area contributed by atoms with E-state index in [0.717, 1.165) is 16.7 Å². The van der Waals surface area contributed by atoms with Crippen LogP contribution in [0.4, 0.5) is 5.69 Å². The van der Waals surface area contributed by atoms with Gasteiger partial charge < -0.3 is 5.73 Å². The highest BCUT2D eigenvalue weighted by atomic mass is 16.1. The second kappa shape index (κ2) is 5.05. The maximum atomic E-state index is 12.4. The van der Waals surface area contributed by atoms with Crippen LogP contribution in [0, 0.1) is 6.92 Å². The lowest BCUT2D eigenvalue weighted by Gasteiger charge is -2.13. The van der Waals surface area contributed by atoms with Crippen molar-refractivity contribution in [2.24, 2.45) is 0 Å². The van der Waals surface area contributed by atoms with Crippen molar-refractivity contribution < 1.29 is 4.79 Å². The third kappa shape index (κ3) is 2.43. The Morgan fingerprint density at radius 1 is 1.11 bits per heavy atom. The summed E-state index contributed by atoms with van der Waals surface area (Å²) in [5, 5.41) is 0. The summed E-state index contributed by atoms with van der Waals surface area (Å²) in [5.41, 5.74) is 9.12. The maximum Gasteiger partial charge on any atom is 0.170 e. The number of aryl methyl sites for hydroxylation is 1. The molecule has 0 aromatic heterocycles. The Balaban J connectivity index is 2.32. The minimum atomic E-state index is -0.131. The van der Waals surface area contributed by atoms with Gasteiger partial charge in [-0.3, -0.25) is 4.79 Å². The van der Waals surface area contributed by atoms with Gasteiger partial charge >= 0.3 is 0 Å². The van der Waals surface area contributed by atoms with Crippen LogP contribution in [-0.2, 0) is 0 Å². The number of Topliss-reactive ketones (excluding diaryl/α,β-unsaturated/α-hetero) is 1. The van der Waals surface area contributed by atoms with Crippen LogP contribution >= 0.6 is 0 Å². The fourth-order valence-corrected chi connectivity index (χ4v) is 2.09. The molecule has 1 atom stereocenters. The Kier molecular flexibility index (Phi) is 3.47. The minimum absolute atomic E-state index is 0.131. The molecule has 0 saturated heterocycles. The van der Waals surface area contributed by atoms with Gasteiger partial charge in [0.2, 0.25) is 0 Å². The highest BCUT2D eigenvalue weighted by molar-refractivity contribution is 6.02. The maximum absolute atomic E-state index is 12.4. The molecule has 18 heavy (non-hydrogen) atoms. The Labute approximate surface area is 107 Å². The number of ketones is 1. The van der Waals surface area contributed by atoms with Crippen molar-refractivity contribution in [1.29, 1.82) is 0 Å².